The number of hydrogen-bond acceptors (Lipinski definition) is 2. The van der Waals surface area contributed by atoms with Crippen molar-refractivity contribution in [1.29, 1.82) is 0 Å². The van der Waals surface area contributed by atoms with Crippen LogP contribution in [-0.2, 0) is 5.41 Å². The fourth-order valence-corrected chi connectivity index (χ4v) is 2.17. The topological polar surface area (TPSA) is 25.8 Å². The van der Waals surface area contributed by atoms with Crippen LogP contribution in [0.4, 0.5) is 0 Å². The molecule has 2 aliphatic rings. The third-order valence-electron chi connectivity index (χ3n) is 3.17. The van der Waals surface area contributed by atoms with E-state index in [9.17, 15) is 0 Å². The molecule has 2 nitrogen and oxygen atoms in total. The number of aryl methyl sites for hydroxylation is 1. The molecule has 0 radical (unpaired) electrons. The lowest BCUT2D eigenvalue weighted by molar-refractivity contribution is 0.767. The van der Waals surface area contributed by atoms with Crippen LogP contribution in [0.1, 0.15) is 17.8 Å². The molecule has 14 heavy (non-hydrogen) atoms. The lowest BCUT2D eigenvalue weighted by Gasteiger charge is -2.12. The number of hydrogen-bond donors (Lipinski definition) is 0. The fourth-order valence-electron chi connectivity index (χ4n) is 2.17. The molecule has 0 spiro atoms. The highest BCUT2D eigenvalue weighted by Gasteiger charge is 2.53. The van der Waals surface area contributed by atoms with Gasteiger partial charge in [-0.3, -0.25) is 9.97 Å². The maximum Gasteiger partial charge on any atom is 0.0692 e. The van der Waals surface area contributed by atoms with Crippen molar-refractivity contribution < 1.29 is 0 Å². The third kappa shape index (κ3) is 0.969. The van der Waals surface area contributed by atoms with Crippen LogP contribution in [0.5, 0.6) is 0 Å². The van der Waals surface area contributed by atoms with Crippen LogP contribution < -0.4 is 0 Å². The van der Waals surface area contributed by atoms with Gasteiger partial charge in [0.15, 0.2) is 0 Å². The monoisotopic (exact) mass is 184 g/mol. The Labute approximate surface area is 83.4 Å². The van der Waals surface area contributed by atoms with Crippen molar-refractivity contribution in [2.45, 2.75) is 18.8 Å². The quantitative estimate of drug-likeness (QED) is 0.668. The van der Waals surface area contributed by atoms with Crippen molar-refractivity contribution in [2.75, 3.05) is 0 Å². The SMILES string of the molecule is Cc1cnc(C23C=CC=CC2C3)cn1. The van der Waals surface area contributed by atoms with Crippen molar-refractivity contribution >= 4 is 0 Å². The summed E-state index contributed by atoms with van der Waals surface area (Å²) < 4.78 is 0. The molecule has 2 heteroatoms. The third-order valence-corrected chi connectivity index (χ3v) is 3.17. The van der Waals surface area contributed by atoms with Crippen molar-refractivity contribution in [1.82, 2.24) is 9.97 Å². The first kappa shape index (κ1) is 7.92. The van der Waals surface area contributed by atoms with Crippen molar-refractivity contribution in [2.24, 2.45) is 5.92 Å². The zero-order chi connectivity index (χ0) is 9.60. The van der Waals surface area contributed by atoms with Gasteiger partial charge in [-0.25, -0.2) is 0 Å². The van der Waals surface area contributed by atoms with E-state index in [1.54, 1.807) is 0 Å². The van der Waals surface area contributed by atoms with Crippen LogP contribution in [0.2, 0.25) is 0 Å². The Hall–Kier alpha value is -1.44. The van der Waals surface area contributed by atoms with Crippen LogP contribution >= 0.6 is 0 Å². The molecule has 1 aromatic heterocycles. The Bertz CT molecular complexity index is 416. The minimum Gasteiger partial charge on any atom is -0.258 e. The number of fused-ring (bicyclic) bond motifs is 1. The van der Waals surface area contributed by atoms with Gasteiger partial charge in [0.25, 0.3) is 0 Å². The average molecular weight is 184 g/mol. The highest BCUT2D eigenvalue weighted by molar-refractivity contribution is 5.41. The van der Waals surface area contributed by atoms with Crippen LogP contribution in [0, 0.1) is 12.8 Å². The van der Waals surface area contributed by atoms with Crippen molar-refractivity contribution in [3.63, 3.8) is 0 Å². The van der Waals surface area contributed by atoms with E-state index in [0.717, 1.165) is 11.4 Å². The lowest BCUT2D eigenvalue weighted by Crippen LogP contribution is -2.10. The summed E-state index contributed by atoms with van der Waals surface area (Å²) in [4.78, 5) is 8.77. The van der Waals surface area contributed by atoms with Gasteiger partial charge >= 0.3 is 0 Å². The van der Waals surface area contributed by atoms with Gasteiger partial charge in [0.2, 0.25) is 0 Å². The molecule has 1 fully saturated rings. The molecular formula is C12H12N2. The smallest absolute Gasteiger partial charge is 0.0692 e. The summed E-state index contributed by atoms with van der Waals surface area (Å²) in [7, 11) is 0. The lowest BCUT2D eigenvalue weighted by atomic mass is 9.96. The van der Waals surface area contributed by atoms with Gasteiger partial charge in [0.05, 0.1) is 11.4 Å². The van der Waals surface area contributed by atoms with E-state index in [-0.39, 0.29) is 5.41 Å². The minimum atomic E-state index is 0.190. The molecule has 1 heterocycles. The summed E-state index contributed by atoms with van der Waals surface area (Å²) in [5.41, 5.74) is 2.29. The number of rotatable bonds is 1. The average Bonchev–Trinajstić information content (AvgIpc) is 2.94. The first-order valence-corrected chi connectivity index (χ1v) is 4.96. The Balaban J connectivity index is 2.01. The predicted octanol–water partition coefficient (Wildman–Crippen LogP) is 2.17. The maximum absolute atomic E-state index is 4.47. The first-order chi connectivity index (χ1) is 6.81. The molecule has 0 aromatic carbocycles. The van der Waals surface area contributed by atoms with E-state index in [2.05, 4.69) is 34.3 Å². The van der Waals surface area contributed by atoms with E-state index >= 15 is 0 Å². The van der Waals surface area contributed by atoms with Crippen LogP contribution in [-0.4, -0.2) is 9.97 Å². The summed E-state index contributed by atoms with van der Waals surface area (Å²) in [6.45, 7) is 1.97. The fraction of sp³-hybridized carbons (Fsp3) is 0.333. The zero-order valence-electron chi connectivity index (χ0n) is 8.14. The van der Waals surface area contributed by atoms with E-state index in [1.807, 2.05) is 19.3 Å². The second-order valence-corrected chi connectivity index (χ2v) is 4.14. The highest BCUT2D eigenvalue weighted by atomic mass is 14.8. The summed E-state index contributed by atoms with van der Waals surface area (Å²) in [6.07, 6.45) is 13.7. The number of allylic oxidation sites excluding steroid dienone is 4. The van der Waals surface area contributed by atoms with Gasteiger partial charge in [-0.2, -0.15) is 0 Å². The molecule has 2 atom stereocenters. The second-order valence-electron chi connectivity index (χ2n) is 4.14. The van der Waals surface area contributed by atoms with Gasteiger partial charge in [0.1, 0.15) is 0 Å². The first-order valence-electron chi connectivity index (χ1n) is 4.96. The molecule has 3 rings (SSSR count). The Kier molecular flexibility index (Phi) is 1.43. The van der Waals surface area contributed by atoms with E-state index in [4.69, 9.17) is 0 Å². The van der Waals surface area contributed by atoms with Gasteiger partial charge in [-0.1, -0.05) is 24.3 Å². The molecule has 1 saturated carbocycles. The molecule has 0 bridgehead atoms. The minimum absolute atomic E-state index is 0.190. The van der Waals surface area contributed by atoms with Crippen LogP contribution in [0.3, 0.4) is 0 Å². The molecule has 2 aliphatic carbocycles. The predicted molar refractivity (Wildman–Crippen MR) is 54.8 cm³/mol. The van der Waals surface area contributed by atoms with E-state index < -0.39 is 0 Å². The zero-order valence-corrected chi connectivity index (χ0v) is 8.14. The molecule has 0 saturated heterocycles. The molecule has 0 amide bonds. The van der Waals surface area contributed by atoms with E-state index in [0.29, 0.717) is 5.92 Å². The van der Waals surface area contributed by atoms with Crippen molar-refractivity contribution in [3.05, 3.63) is 48.1 Å². The summed E-state index contributed by atoms with van der Waals surface area (Å²) in [6, 6.07) is 0. The number of nitrogens with zero attached hydrogens (tertiary/aromatic N) is 2. The molecule has 2 unspecified atom stereocenters. The normalized spacial score (nSPS) is 32.8. The number of aromatic nitrogens is 2. The molecule has 1 aromatic rings. The van der Waals surface area contributed by atoms with Gasteiger partial charge in [-0.15, -0.1) is 0 Å². The van der Waals surface area contributed by atoms with Gasteiger partial charge in [-0.05, 0) is 19.3 Å². The van der Waals surface area contributed by atoms with E-state index in [1.165, 1.54) is 6.42 Å². The summed E-state index contributed by atoms with van der Waals surface area (Å²) in [5, 5.41) is 0. The Morgan fingerprint density at radius 2 is 2.21 bits per heavy atom. The Morgan fingerprint density at radius 3 is 2.93 bits per heavy atom. The van der Waals surface area contributed by atoms with Crippen molar-refractivity contribution in [3.8, 4) is 0 Å². The second kappa shape index (κ2) is 2.53. The van der Waals surface area contributed by atoms with Gasteiger partial charge in [0, 0.05) is 17.8 Å². The Morgan fingerprint density at radius 1 is 1.29 bits per heavy atom. The molecule has 0 aliphatic heterocycles. The molecule has 0 N–H and O–H groups in total. The molecular weight excluding hydrogens is 172 g/mol. The van der Waals surface area contributed by atoms with Crippen LogP contribution in [0.25, 0.3) is 0 Å². The summed E-state index contributed by atoms with van der Waals surface area (Å²) >= 11 is 0. The van der Waals surface area contributed by atoms with Gasteiger partial charge < -0.3 is 0 Å². The largest absolute Gasteiger partial charge is 0.258 e. The summed E-state index contributed by atoms with van der Waals surface area (Å²) in [5.74, 6) is 0.657. The standard InChI is InChI=1S/C12H12N2/c1-9-7-14-11(8-13-9)12-5-3-2-4-10(12)6-12/h2-5,7-8,10H,6H2,1H3. The maximum atomic E-state index is 4.47. The van der Waals surface area contributed by atoms with Crippen LogP contribution in [0.15, 0.2) is 36.7 Å². The highest BCUT2D eigenvalue weighted by Crippen LogP contribution is 2.56. The molecule has 70 valence electrons.